The van der Waals surface area contributed by atoms with Crippen LogP contribution >= 0.6 is 0 Å². The first-order valence-electron chi connectivity index (χ1n) is 6.23. The molecule has 1 saturated heterocycles. The molecule has 3 heteroatoms. The molecule has 2 aromatic rings. The van der Waals surface area contributed by atoms with Gasteiger partial charge in [-0.15, -0.1) is 0 Å². The van der Waals surface area contributed by atoms with E-state index in [0.717, 1.165) is 19.5 Å². The van der Waals surface area contributed by atoms with Crippen LogP contribution in [0, 0.1) is 0 Å². The van der Waals surface area contributed by atoms with Crippen LogP contribution in [-0.4, -0.2) is 35.3 Å². The molecule has 17 heavy (non-hydrogen) atoms. The van der Waals surface area contributed by atoms with Gasteiger partial charge in [-0.25, -0.2) is 4.39 Å². The van der Waals surface area contributed by atoms with Gasteiger partial charge >= 0.3 is 0 Å². The van der Waals surface area contributed by atoms with Crippen molar-refractivity contribution in [2.45, 2.75) is 19.1 Å². The summed E-state index contributed by atoms with van der Waals surface area (Å²) in [5.41, 5.74) is 1.29. The Kier molecular flexibility index (Phi) is 2.85. The third-order valence-corrected chi connectivity index (χ3v) is 3.47. The van der Waals surface area contributed by atoms with Crippen molar-refractivity contribution in [1.29, 1.82) is 0 Å². The molecule has 3 rings (SSSR count). The Bertz CT molecular complexity index is 500. The predicted molar refractivity (Wildman–Crippen MR) is 67.9 cm³/mol. The summed E-state index contributed by atoms with van der Waals surface area (Å²) in [6, 6.07) is 10.6. The molecule has 1 aliphatic heterocycles. The molecule has 1 aromatic carbocycles. The van der Waals surface area contributed by atoms with E-state index >= 15 is 0 Å². The zero-order valence-electron chi connectivity index (χ0n) is 9.85. The largest absolute Gasteiger partial charge is 0.347 e. The zero-order chi connectivity index (χ0) is 11.7. The maximum absolute atomic E-state index is 12.6. The maximum atomic E-state index is 12.6. The molecular weight excluding hydrogens is 215 g/mol. The van der Waals surface area contributed by atoms with Gasteiger partial charge in [0.25, 0.3) is 0 Å². The van der Waals surface area contributed by atoms with E-state index in [1.165, 1.54) is 10.9 Å². The molecule has 0 spiro atoms. The first kappa shape index (κ1) is 10.8. The number of rotatable bonds is 4. The number of hydrogen-bond donors (Lipinski definition) is 0. The van der Waals surface area contributed by atoms with Gasteiger partial charge in [0.15, 0.2) is 0 Å². The summed E-state index contributed by atoms with van der Waals surface area (Å²) >= 11 is 0. The highest BCUT2D eigenvalue weighted by atomic mass is 19.1. The molecule has 2 heterocycles. The van der Waals surface area contributed by atoms with Crippen molar-refractivity contribution < 1.29 is 4.39 Å². The lowest BCUT2D eigenvalue weighted by Crippen LogP contribution is -2.48. The van der Waals surface area contributed by atoms with Gasteiger partial charge in [-0.05, 0) is 23.9 Å². The van der Waals surface area contributed by atoms with E-state index in [1.807, 2.05) is 0 Å². The SMILES string of the molecule is FC1CN(CCCn2ccc3ccccc32)C1. The quantitative estimate of drug-likeness (QED) is 0.787. The average Bonchev–Trinajstić information content (AvgIpc) is 2.70. The first-order chi connectivity index (χ1) is 8.33. The third kappa shape index (κ3) is 2.20. The van der Waals surface area contributed by atoms with Gasteiger partial charge in [0.05, 0.1) is 0 Å². The summed E-state index contributed by atoms with van der Waals surface area (Å²) < 4.78 is 14.9. The Labute approximate surface area is 101 Å². The highest BCUT2D eigenvalue weighted by Gasteiger charge is 2.24. The Morgan fingerprint density at radius 2 is 1.94 bits per heavy atom. The summed E-state index contributed by atoms with van der Waals surface area (Å²) in [6.07, 6.45) is 2.65. The summed E-state index contributed by atoms with van der Waals surface area (Å²) in [5.74, 6) is 0. The lowest BCUT2D eigenvalue weighted by Gasteiger charge is -2.34. The van der Waals surface area contributed by atoms with Crippen LogP contribution in [-0.2, 0) is 6.54 Å². The minimum absolute atomic E-state index is 0.581. The van der Waals surface area contributed by atoms with Crippen LogP contribution in [0.3, 0.4) is 0 Å². The van der Waals surface area contributed by atoms with Gasteiger partial charge in [-0.3, -0.25) is 4.90 Å². The fourth-order valence-electron chi connectivity index (χ4n) is 2.49. The molecule has 1 fully saturated rings. The number of alkyl halides is 1. The Hall–Kier alpha value is -1.35. The second kappa shape index (κ2) is 4.49. The van der Waals surface area contributed by atoms with Crippen LogP contribution in [0.1, 0.15) is 6.42 Å². The number of halogens is 1. The molecule has 0 atom stereocenters. The molecule has 0 bridgehead atoms. The van der Waals surface area contributed by atoms with Crippen LogP contribution in [0.15, 0.2) is 36.5 Å². The molecule has 0 amide bonds. The second-order valence-corrected chi connectivity index (χ2v) is 4.78. The molecule has 1 aliphatic rings. The van der Waals surface area contributed by atoms with Crippen LogP contribution in [0.4, 0.5) is 4.39 Å². The smallest absolute Gasteiger partial charge is 0.125 e. The molecular formula is C14H17FN2. The van der Waals surface area contributed by atoms with E-state index < -0.39 is 6.17 Å². The van der Waals surface area contributed by atoms with Crippen molar-refractivity contribution in [3.8, 4) is 0 Å². The van der Waals surface area contributed by atoms with Gasteiger partial charge in [-0.1, -0.05) is 18.2 Å². The summed E-state index contributed by atoms with van der Waals surface area (Å²) in [6.45, 7) is 3.28. The fraction of sp³-hybridized carbons (Fsp3) is 0.429. The minimum Gasteiger partial charge on any atom is -0.347 e. The Balaban J connectivity index is 1.58. The minimum atomic E-state index is -0.581. The van der Waals surface area contributed by atoms with Gasteiger partial charge in [0.2, 0.25) is 0 Å². The number of aryl methyl sites for hydroxylation is 1. The molecule has 1 aromatic heterocycles. The number of fused-ring (bicyclic) bond motifs is 1. The van der Waals surface area contributed by atoms with E-state index in [9.17, 15) is 4.39 Å². The highest BCUT2D eigenvalue weighted by molar-refractivity contribution is 5.79. The van der Waals surface area contributed by atoms with Crippen LogP contribution in [0.25, 0.3) is 10.9 Å². The molecule has 0 unspecified atom stereocenters. The average molecular weight is 232 g/mol. The number of likely N-dealkylation sites (tertiary alicyclic amines) is 1. The standard InChI is InChI=1S/C14H17FN2/c15-13-10-16(11-13)7-3-8-17-9-6-12-4-1-2-5-14(12)17/h1-2,4-6,9,13H,3,7-8,10-11H2. The van der Waals surface area contributed by atoms with Crippen LogP contribution < -0.4 is 0 Å². The maximum Gasteiger partial charge on any atom is 0.125 e. The zero-order valence-corrected chi connectivity index (χ0v) is 9.85. The van der Waals surface area contributed by atoms with Gasteiger partial charge in [0, 0.05) is 37.9 Å². The van der Waals surface area contributed by atoms with Gasteiger partial charge in [0.1, 0.15) is 6.17 Å². The molecule has 0 aliphatic carbocycles. The second-order valence-electron chi connectivity index (χ2n) is 4.78. The van der Waals surface area contributed by atoms with E-state index in [2.05, 4.69) is 46.0 Å². The summed E-state index contributed by atoms with van der Waals surface area (Å²) in [5, 5.41) is 1.29. The van der Waals surface area contributed by atoms with Crippen molar-refractivity contribution in [2.75, 3.05) is 19.6 Å². The molecule has 2 nitrogen and oxygen atoms in total. The van der Waals surface area contributed by atoms with Gasteiger partial charge in [-0.2, -0.15) is 0 Å². The van der Waals surface area contributed by atoms with Crippen molar-refractivity contribution in [3.63, 3.8) is 0 Å². The number of nitrogens with zero attached hydrogens (tertiary/aromatic N) is 2. The van der Waals surface area contributed by atoms with Crippen molar-refractivity contribution in [1.82, 2.24) is 9.47 Å². The Morgan fingerprint density at radius 1 is 1.12 bits per heavy atom. The summed E-state index contributed by atoms with van der Waals surface area (Å²) in [4.78, 5) is 2.18. The lowest BCUT2D eigenvalue weighted by atomic mass is 10.2. The fourth-order valence-corrected chi connectivity index (χ4v) is 2.49. The molecule has 0 saturated carbocycles. The third-order valence-electron chi connectivity index (χ3n) is 3.47. The van der Waals surface area contributed by atoms with Crippen LogP contribution in [0.5, 0.6) is 0 Å². The van der Waals surface area contributed by atoms with E-state index in [-0.39, 0.29) is 0 Å². The predicted octanol–water partition coefficient (Wildman–Crippen LogP) is 2.69. The first-order valence-corrected chi connectivity index (χ1v) is 6.23. The highest BCUT2D eigenvalue weighted by Crippen LogP contribution is 2.16. The topological polar surface area (TPSA) is 8.17 Å². The lowest BCUT2D eigenvalue weighted by molar-refractivity contribution is 0.0640. The van der Waals surface area contributed by atoms with E-state index in [0.29, 0.717) is 13.1 Å². The van der Waals surface area contributed by atoms with Crippen molar-refractivity contribution in [3.05, 3.63) is 36.5 Å². The monoisotopic (exact) mass is 232 g/mol. The van der Waals surface area contributed by atoms with Crippen LogP contribution in [0.2, 0.25) is 0 Å². The molecule has 0 radical (unpaired) electrons. The van der Waals surface area contributed by atoms with Gasteiger partial charge < -0.3 is 4.57 Å². The van der Waals surface area contributed by atoms with E-state index in [1.54, 1.807) is 0 Å². The Morgan fingerprint density at radius 3 is 2.76 bits per heavy atom. The summed E-state index contributed by atoms with van der Waals surface area (Å²) in [7, 11) is 0. The number of para-hydroxylation sites is 1. The number of benzene rings is 1. The molecule has 0 N–H and O–H groups in total. The number of aromatic nitrogens is 1. The molecule has 90 valence electrons. The van der Waals surface area contributed by atoms with Crippen molar-refractivity contribution in [2.24, 2.45) is 0 Å². The van der Waals surface area contributed by atoms with E-state index in [4.69, 9.17) is 0 Å². The normalized spacial score (nSPS) is 17.5. The number of hydrogen-bond acceptors (Lipinski definition) is 1. The van der Waals surface area contributed by atoms with Crippen molar-refractivity contribution >= 4 is 10.9 Å².